The minimum atomic E-state index is -0.417. The SMILES string of the molecule is CC(/C=C/C(=O)CCCCC(=O)NO)=C\c1ccccc1. The zero-order valence-corrected chi connectivity index (χ0v) is 12.2. The Morgan fingerprint density at radius 1 is 1.10 bits per heavy atom. The predicted molar refractivity (Wildman–Crippen MR) is 82.6 cm³/mol. The molecule has 0 atom stereocenters. The molecule has 2 N–H and O–H groups in total. The average Bonchev–Trinajstić information content (AvgIpc) is 2.50. The number of carbonyl (C=O) groups excluding carboxylic acids is 2. The molecule has 0 fully saturated rings. The molecular formula is C17H21NO3. The largest absolute Gasteiger partial charge is 0.295 e. The van der Waals surface area contributed by atoms with Crippen molar-refractivity contribution in [3.63, 3.8) is 0 Å². The molecular weight excluding hydrogens is 266 g/mol. The molecule has 0 radical (unpaired) electrons. The number of amides is 1. The number of carbonyl (C=O) groups is 2. The van der Waals surface area contributed by atoms with E-state index in [1.807, 2.05) is 43.3 Å². The maximum atomic E-state index is 11.7. The summed E-state index contributed by atoms with van der Waals surface area (Å²) in [6, 6.07) is 9.91. The molecule has 1 aromatic rings. The van der Waals surface area contributed by atoms with Crippen LogP contribution in [0.15, 0.2) is 48.1 Å². The number of hydrogen-bond acceptors (Lipinski definition) is 3. The Kier molecular flexibility index (Phi) is 7.76. The van der Waals surface area contributed by atoms with Crippen molar-refractivity contribution in [3.8, 4) is 0 Å². The van der Waals surface area contributed by atoms with Crippen LogP contribution in [0.3, 0.4) is 0 Å². The number of hydroxylamine groups is 1. The van der Waals surface area contributed by atoms with Crippen molar-refractivity contribution in [2.75, 3.05) is 0 Å². The number of unbranched alkanes of at least 4 members (excludes halogenated alkanes) is 1. The lowest BCUT2D eigenvalue weighted by Crippen LogP contribution is -2.17. The zero-order chi connectivity index (χ0) is 15.5. The van der Waals surface area contributed by atoms with Gasteiger partial charge in [-0.3, -0.25) is 14.8 Å². The molecule has 21 heavy (non-hydrogen) atoms. The van der Waals surface area contributed by atoms with E-state index in [1.165, 1.54) is 0 Å². The number of benzene rings is 1. The number of rotatable bonds is 8. The van der Waals surface area contributed by atoms with E-state index in [0.29, 0.717) is 19.3 Å². The van der Waals surface area contributed by atoms with Gasteiger partial charge in [0.2, 0.25) is 5.91 Å². The maximum absolute atomic E-state index is 11.7. The number of allylic oxidation sites excluding steroid dienone is 3. The van der Waals surface area contributed by atoms with Crippen molar-refractivity contribution in [2.24, 2.45) is 0 Å². The second kappa shape index (κ2) is 9.66. The van der Waals surface area contributed by atoms with Crippen LogP contribution < -0.4 is 5.48 Å². The van der Waals surface area contributed by atoms with E-state index >= 15 is 0 Å². The molecule has 0 bridgehead atoms. The van der Waals surface area contributed by atoms with Gasteiger partial charge in [-0.25, -0.2) is 5.48 Å². The first kappa shape index (κ1) is 16.9. The van der Waals surface area contributed by atoms with Gasteiger partial charge in [-0.15, -0.1) is 0 Å². The second-order valence-electron chi connectivity index (χ2n) is 4.84. The highest BCUT2D eigenvalue weighted by Gasteiger charge is 2.01. The highest BCUT2D eigenvalue weighted by molar-refractivity contribution is 5.90. The lowest BCUT2D eigenvalue weighted by Gasteiger charge is -1.98. The third kappa shape index (κ3) is 7.84. The third-order valence-electron chi connectivity index (χ3n) is 2.93. The molecule has 0 saturated heterocycles. The third-order valence-corrected chi connectivity index (χ3v) is 2.93. The molecule has 4 heteroatoms. The van der Waals surface area contributed by atoms with Gasteiger partial charge in [0.15, 0.2) is 5.78 Å². The molecule has 1 rings (SSSR count). The Balaban J connectivity index is 2.33. The van der Waals surface area contributed by atoms with E-state index in [-0.39, 0.29) is 12.2 Å². The van der Waals surface area contributed by atoms with Gasteiger partial charge >= 0.3 is 0 Å². The standard InChI is InChI=1S/C17H21NO3/c1-14(13-15-7-3-2-4-8-15)11-12-16(19)9-5-6-10-17(20)18-21/h2-4,7-8,11-13,21H,5-6,9-10H2,1H3,(H,18,20)/b12-11+,14-13+. The minimum absolute atomic E-state index is 0.0419. The Bertz CT molecular complexity index is 518. The maximum Gasteiger partial charge on any atom is 0.243 e. The Hall–Kier alpha value is -2.20. The lowest BCUT2D eigenvalue weighted by molar-refractivity contribution is -0.129. The number of nitrogens with one attached hydrogen (secondary N) is 1. The van der Waals surface area contributed by atoms with Crippen LogP contribution in [0.2, 0.25) is 0 Å². The van der Waals surface area contributed by atoms with E-state index in [0.717, 1.165) is 11.1 Å². The molecule has 1 amide bonds. The first-order chi connectivity index (χ1) is 10.1. The normalized spacial score (nSPS) is 11.6. The van der Waals surface area contributed by atoms with Gasteiger partial charge < -0.3 is 0 Å². The highest BCUT2D eigenvalue weighted by Crippen LogP contribution is 2.08. The van der Waals surface area contributed by atoms with Crippen molar-refractivity contribution in [1.29, 1.82) is 0 Å². The fourth-order valence-corrected chi connectivity index (χ4v) is 1.81. The van der Waals surface area contributed by atoms with E-state index in [9.17, 15) is 9.59 Å². The topological polar surface area (TPSA) is 66.4 Å². The fourth-order valence-electron chi connectivity index (χ4n) is 1.81. The highest BCUT2D eigenvalue weighted by atomic mass is 16.5. The molecule has 0 heterocycles. The summed E-state index contributed by atoms with van der Waals surface area (Å²) in [4.78, 5) is 22.4. The molecule has 0 aliphatic rings. The van der Waals surface area contributed by atoms with Gasteiger partial charge in [0.05, 0.1) is 0 Å². The summed E-state index contributed by atoms with van der Waals surface area (Å²) in [6.45, 7) is 1.95. The summed E-state index contributed by atoms with van der Waals surface area (Å²) < 4.78 is 0. The van der Waals surface area contributed by atoms with Gasteiger partial charge in [0.25, 0.3) is 0 Å². The second-order valence-corrected chi connectivity index (χ2v) is 4.84. The summed E-state index contributed by atoms with van der Waals surface area (Å²) in [7, 11) is 0. The van der Waals surface area contributed by atoms with Crippen LogP contribution in [-0.2, 0) is 9.59 Å². The first-order valence-corrected chi connectivity index (χ1v) is 6.99. The first-order valence-electron chi connectivity index (χ1n) is 6.99. The van der Waals surface area contributed by atoms with Crippen LogP contribution in [0.1, 0.15) is 38.2 Å². The van der Waals surface area contributed by atoms with Crippen molar-refractivity contribution in [2.45, 2.75) is 32.6 Å². The molecule has 1 aromatic carbocycles. The summed E-state index contributed by atoms with van der Waals surface area (Å²) in [5, 5.41) is 8.33. The number of ketones is 1. The van der Waals surface area contributed by atoms with Crippen molar-refractivity contribution in [1.82, 2.24) is 5.48 Å². The van der Waals surface area contributed by atoms with E-state index < -0.39 is 5.91 Å². The van der Waals surface area contributed by atoms with E-state index in [2.05, 4.69) is 0 Å². The molecule has 0 unspecified atom stereocenters. The smallest absolute Gasteiger partial charge is 0.243 e. The zero-order valence-electron chi connectivity index (χ0n) is 12.2. The minimum Gasteiger partial charge on any atom is -0.295 e. The van der Waals surface area contributed by atoms with Crippen molar-refractivity contribution in [3.05, 3.63) is 53.6 Å². The Labute approximate surface area is 125 Å². The summed E-state index contributed by atoms with van der Waals surface area (Å²) in [5.41, 5.74) is 3.68. The van der Waals surface area contributed by atoms with Gasteiger partial charge in [-0.1, -0.05) is 48.1 Å². The van der Waals surface area contributed by atoms with Crippen molar-refractivity contribution >= 4 is 17.8 Å². The van der Waals surface area contributed by atoms with Crippen molar-refractivity contribution < 1.29 is 14.8 Å². The average molecular weight is 287 g/mol. The molecule has 4 nitrogen and oxygen atoms in total. The molecule has 0 aromatic heterocycles. The summed E-state index contributed by atoms with van der Waals surface area (Å²) >= 11 is 0. The van der Waals surface area contributed by atoms with Crippen LogP contribution >= 0.6 is 0 Å². The molecule has 0 aliphatic carbocycles. The Morgan fingerprint density at radius 2 is 1.76 bits per heavy atom. The van der Waals surface area contributed by atoms with E-state index in [4.69, 9.17) is 5.21 Å². The van der Waals surface area contributed by atoms with Gasteiger partial charge in [-0.2, -0.15) is 0 Å². The molecule has 0 aliphatic heterocycles. The van der Waals surface area contributed by atoms with Crippen LogP contribution in [0.25, 0.3) is 6.08 Å². The Morgan fingerprint density at radius 3 is 2.43 bits per heavy atom. The van der Waals surface area contributed by atoms with Gasteiger partial charge in [-0.05, 0) is 31.4 Å². The number of hydrogen-bond donors (Lipinski definition) is 2. The fraction of sp³-hybridized carbons (Fsp3) is 0.294. The van der Waals surface area contributed by atoms with Crippen LogP contribution in [0.5, 0.6) is 0 Å². The van der Waals surface area contributed by atoms with Crippen LogP contribution in [0, 0.1) is 0 Å². The molecule has 112 valence electrons. The predicted octanol–water partition coefficient (Wildman–Crippen LogP) is 3.28. The van der Waals surface area contributed by atoms with Gasteiger partial charge in [0.1, 0.15) is 0 Å². The van der Waals surface area contributed by atoms with Gasteiger partial charge in [0, 0.05) is 12.8 Å². The van der Waals surface area contributed by atoms with Crippen LogP contribution in [-0.4, -0.2) is 16.9 Å². The molecule has 0 saturated carbocycles. The van der Waals surface area contributed by atoms with E-state index in [1.54, 1.807) is 17.6 Å². The summed E-state index contributed by atoms with van der Waals surface area (Å²) in [5.74, 6) is -0.375. The quantitative estimate of drug-likeness (QED) is 0.253. The summed E-state index contributed by atoms with van der Waals surface area (Å²) in [6.07, 6.45) is 7.25. The monoisotopic (exact) mass is 287 g/mol. The lowest BCUT2D eigenvalue weighted by atomic mass is 10.1. The van der Waals surface area contributed by atoms with Crippen LogP contribution in [0.4, 0.5) is 0 Å². The molecule has 0 spiro atoms.